The summed E-state index contributed by atoms with van der Waals surface area (Å²) in [5.41, 5.74) is 2.66. The van der Waals surface area contributed by atoms with Crippen LogP contribution >= 0.6 is 15.9 Å². The van der Waals surface area contributed by atoms with E-state index in [0.717, 1.165) is 17.6 Å². The van der Waals surface area contributed by atoms with Crippen LogP contribution in [-0.4, -0.2) is 90.5 Å². The van der Waals surface area contributed by atoms with E-state index in [4.69, 9.17) is 9.72 Å². The van der Waals surface area contributed by atoms with Crippen LogP contribution in [0.3, 0.4) is 0 Å². The van der Waals surface area contributed by atoms with Crippen LogP contribution in [0, 0.1) is 24.4 Å². The molecule has 1 amide bonds. The van der Waals surface area contributed by atoms with Gasteiger partial charge in [-0.15, -0.1) is 0 Å². The number of hydrogen-bond donors (Lipinski definition) is 1. The summed E-state index contributed by atoms with van der Waals surface area (Å²) in [6.07, 6.45) is 1.47. The molecule has 0 spiro atoms. The lowest BCUT2D eigenvalue weighted by Crippen LogP contribution is -2.47. The Labute approximate surface area is 292 Å². The van der Waals surface area contributed by atoms with Crippen molar-refractivity contribution < 1.29 is 22.7 Å². The standard InChI is InChI=1S/C34H30BrF3N10O2/c1-17-40-26-11-19(37)9-22-25-5-4-6-29(42-25)41-20-12-28(33(49)45(2)15-21(50-3)16-46(17)30(22)26)47(14-20)31-23-13-39-48(32(23)44-34(35)43-31)27-8-7-18(36)10-24(27)38/h4-11,13,20-21,28H,12,14-16H2,1-3H3,(H,41,42)/t20-,21-,28-/m0/s1. The fourth-order valence-corrected chi connectivity index (χ4v) is 7.36. The number of ether oxygens (including phenoxy) is 1. The fourth-order valence-electron chi connectivity index (χ4n) is 7.03. The summed E-state index contributed by atoms with van der Waals surface area (Å²) in [4.78, 5) is 36.6. The number of rotatable bonds is 3. The molecule has 1 saturated heterocycles. The van der Waals surface area contributed by atoms with Gasteiger partial charge in [0.15, 0.2) is 11.5 Å². The summed E-state index contributed by atoms with van der Waals surface area (Å²) in [6, 6.07) is 10.6. The number of aromatic nitrogens is 7. The molecule has 2 aromatic carbocycles. The van der Waals surface area contributed by atoms with Crippen molar-refractivity contribution in [1.82, 2.24) is 39.2 Å². The molecule has 4 aromatic heterocycles. The molecule has 6 heterocycles. The van der Waals surface area contributed by atoms with Gasteiger partial charge in [-0.2, -0.15) is 5.10 Å². The Kier molecular flexibility index (Phi) is 7.94. The highest BCUT2D eigenvalue weighted by Crippen LogP contribution is 2.35. The van der Waals surface area contributed by atoms with Gasteiger partial charge in [0.25, 0.3) is 0 Å². The number of carbonyl (C=O) groups excluding carboxylic acids is 1. The van der Waals surface area contributed by atoms with Gasteiger partial charge in [-0.1, -0.05) is 6.07 Å². The molecular formula is C34H30BrF3N10O2. The first-order valence-corrected chi connectivity index (χ1v) is 16.7. The highest BCUT2D eigenvalue weighted by Gasteiger charge is 2.41. The third-order valence-corrected chi connectivity index (χ3v) is 9.68. The van der Waals surface area contributed by atoms with Gasteiger partial charge >= 0.3 is 0 Å². The second-order valence-corrected chi connectivity index (χ2v) is 13.2. The Bertz CT molecular complexity index is 2310. The highest BCUT2D eigenvalue weighted by molar-refractivity contribution is 9.10. The molecule has 16 heteroatoms. The Hall–Kier alpha value is -5.09. The summed E-state index contributed by atoms with van der Waals surface area (Å²) >= 11 is 3.40. The first-order valence-electron chi connectivity index (χ1n) is 15.9. The molecule has 6 aromatic rings. The van der Waals surface area contributed by atoms with Crippen LogP contribution in [0.4, 0.5) is 24.8 Å². The molecule has 0 unspecified atom stereocenters. The van der Waals surface area contributed by atoms with Crippen LogP contribution in [-0.2, 0) is 16.1 Å². The van der Waals surface area contributed by atoms with Crippen molar-refractivity contribution in [2.45, 2.75) is 38.1 Å². The second-order valence-electron chi connectivity index (χ2n) is 12.5. The van der Waals surface area contributed by atoms with Gasteiger partial charge in [0, 0.05) is 51.0 Å². The van der Waals surface area contributed by atoms with Gasteiger partial charge in [-0.25, -0.2) is 37.8 Å². The molecule has 1 N–H and O–H groups in total. The molecule has 2 aliphatic rings. The molecule has 3 atom stereocenters. The number of likely N-dealkylation sites (N-methyl/N-ethyl adjacent to an activating group) is 1. The van der Waals surface area contributed by atoms with E-state index in [-0.39, 0.29) is 34.6 Å². The second kappa shape index (κ2) is 12.4. The highest BCUT2D eigenvalue weighted by atomic mass is 79.9. The number of imidazole rings is 1. The van der Waals surface area contributed by atoms with Gasteiger partial charge in [0.05, 0.1) is 41.0 Å². The third-order valence-electron chi connectivity index (χ3n) is 9.32. The minimum Gasteiger partial charge on any atom is -0.378 e. The normalized spacial score (nSPS) is 19.6. The Morgan fingerprint density at radius 2 is 1.82 bits per heavy atom. The molecule has 1 fully saturated rings. The third kappa shape index (κ3) is 5.51. The summed E-state index contributed by atoms with van der Waals surface area (Å²) in [6.45, 7) is 2.80. The van der Waals surface area contributed by atoms with E-state index in [1.807, 2.05) is 34.6 Å². The minimum atomic E-state index is -0.807. The van der Waals surface area contributed by atoms with Gasteiger partial charge in [-0.3, -0.25) is 4.79 Å². The van der Waals surface area contributed by atoms with Crippen molar-refractivity contribution in [3.05, 3.63) is 82.7 Å². The zero-order valence-corrected chi connectivity index (χ0v) is 28.7. The van der Waals surface area contributed by atoms with Crippen molar-refractivity contribution >= 4 is 55.5 Å². The van der Waals surface area contributed by atoms with E-state index >= 15 is 0 Å². The van der Waals surface area contributed by atoms with E-state index in [1.165, 1.54) is 29.1 Å². The smallest absolute Gasteiger partial charge is 0.245 e. The molecule has 12 nitrogen and oxygen atoms in total. The number of nitrogens with one attached hydrogen (secondary N) is 1. The van der Waals surface area contributed by atoms with Crippen molar-refractivity contribution in [2.24, 2.45) is 0 Å². The largest absolute Gasteiger partial charge is 0.378 e. The van der Waals surface area contributed by atoms with E-state index in [2.05, 4.69) is 41.3 Å². The van der Waals surface area contributed by atoms with Gasteiger partial charge in [0.1, 0.15) is 40.8 Å². The van der Waals surface area contributed by atoms with Crippen LogP contribution in [0.2, 0.25) is 0 Å². The average molecular weight is 748 g/mol. The van der Waals surface area contributed by atoms with Gasteiger partial charge in [-0.05, 0) is 59.6 Å². The average Bonchev–Trinajstić information content (AvgIpc) is 3.78. The SMILES string of the molecule is CO[C@H]1CN(C)C(=O)[C@@H]2C[C@@H](CN2c2nc(Br)nc3c2cnn3-c2ccc(F)cc2F)Nc2cccc(n2)-c2cc(F)cc3nc(C)n(c23)C1. The van der Waals surface area contributed by atoms with E-state index in [9.17, 15) is 18.0 Å². The summed E-state index contributed by atoms with van der Waals surface area (Å²) in [5, 5.41) is 8.35. The van der Waals surface area contributed by atoms with E-state index < -0.39 is 29.6 Å². The number of methoxy groups -OCH3 is 1. The number of fused-ring (bicyclic) bond motifs is 6. The number of hydrogen-bond acceptors (Lipinski definition) is 9. The van der Waals surface area contributed by atoms with Crippen LogP contribution in [0.15, 0.2) is 59.5 Å². The minimum absolute atomic E-state index is 0.0103. The van der Waals surface area contributed by atoms with Crippen molar-refractivity contribution in [3.8, 4) is 16.9 Å². The lowest BCUT2D eigenvalue weighted by atomic mass is 10.1. The predicted octanol–water partition coefficient (Wildman–Crippen LogP) is 5.26. The van der Waals surface area contributed by atoms with Crippen LogP contribution in [0.1, 0.15) is 12.2 Å². The van der Waals surface area contributed by atoms with Crippen molar-refractivity contribution in [3.63, 3.8) is 0 Å². The topological polar surface area (TPSA) is 119 Å². The zero-order chi connectivity index (χ0) is 34.8. The first kappa shape index (κ1) is 32.1. The Morgan fingerprint density at radius 1 is 0.980 bits per heavy atom. The number of pyridine rings is 1. The van der Waals surface area contributed by atoms with Gasteiger partial charge in [0.2, 0.25) is 10.6 Å². The number of benzene rings is 2. The maximum absolute atomic E-state index is 15.0. The molecule has 256 valence electrons. The first-order chi connectivity index (χ1) is 24.1. The molecule has 0 saturated carbocycles. The molecule has 2 aliphatic heterocycles. The Morgan fingerprint density at radius 3 is 2.62 bits per heavy atom. The summed E-state index contributed by atoms with van der Waals surface area (Å²) in [7, 11) is 3.33. The molecule has 0 radical (unpaired) electrons. The quantitative estimate of drug-likeness (QED) is 0.242. The van der Waals surface area contributed by atoms with Crippen LogP contribution < -0.4 is 10.2 Å². The van der Waals surface area contributed by atoms with Crippen LogP contribution in [0.5, 0.6) is 0 Å². The maximum Gasteiger partial charge on any atom is 0.245 e. The number of halogens is 4. The van der Waals surface area contributed by atoms with E-state index in [0.29, 0.717) is 59.1 Å². The monoisotopic (exact) mass is 746 g/mol. The van der Waals surface area contributed by atoms with E-state index in [1.54, 1.807) is 19.1 Å². The van der Waals surface area contributed by atoms with Crippen molar-refractivity contribution in [2.75, 3.05) is 37.5 Å². The molecule has 50 heavy (non-hydrogen) atoms. The zero-order valence-electron chi connectivity index (χ0n) is 27.1. The molecule has 8 rings (SSSR count). The predicted molar refractivity (Wildman–Crippen MR) is 184 cm³/mol. The van der Waals surface area contributed by atoms with Crippen LogP contribution in [0.25, 0.3) is 39.0 Å². The number of nitrogens with zero attached hydrogens (tertiary/aromatic N) is 9. The van der Waals surface area contributed by atoms with Gasteiger partial charge < -0.3 is 24.4 Å². The van der Waals surface area contributed by atoms with Crippen molar-refractivity contribution in [1.29, 1.82) is 0 Å². The number of aryl methyl sites for hydroxylation is 1. The maximum atomic E-state index is 15.0. The number of amides is 1. The molecule has 4 bridgehead atoms. The summed E-state index contributed by atoms with van der Waals surface area (Å²) in [5.74, 6) is -0.475. The summed E-state index contributed by atoms with van der Waals surface area (Å²) < 4.78 is 52.9. The lowest BCUT2D eigenvalue weighted by molar-refractivity contribution is -0.132. The number of carbonyl (C=O) groups is 1. The molecule has 0 aliphatic carbocycles. The lowest BCUT2D eigenvalue weighted by Gasteiger charge is -2.31. The molecular weight excluding hydrogens is 717 g/mol. The Balaban J connectivity index is 1.24. The number of anilines is 2. The fraction of sp³-hybridized carbons (Fsp3) is 0.294.